The Morgan fingerprint density at radius 2 is 1.96 bits per heavy atom. The maximum Gasteiger partial charge on any atom is 0.226 e. The highest BCUT2D eigenvalue weighted by Crippen LogP contribution is 2.42. The summed E-state index contributed by atoms with van der Waals surface area (Å²) in [5.74, 6) is 1.36. The van der Waals surface area contributed by atoms with Crippen LogP contribution in [0, 0.1) is 16.4 Å². The molecule has 124 valence electrons. The number of fused-ring (bicyclic) bond motifs is 2. The van der Waals surface area contributed by atoms with E-state index >= 15 is 0 Å². The predicted molar refractivity (Wildman–Crippen MR) is 102 cm³/mol. The lowest BCUT2D eigenvalue weighted by molar-refractivity contribution is -0.137. The zero-order valence-electron chi connectivity index (χ0n) is 13.6. The number of likely N-dealkylation sites (tertiary alicyclic amines) is 1. The number of halogens is 1. The van der Waals surface area contributed by atoms with Crippen LogP contribution in [0.4, 0.5) is 0 Å². The Kier molecular flexibility index (Phi) is 4.24. The van der Waals surface area contributed by atoms with Crippen molar-refractivity contribution in [1.29, 1.82) is 0 Å². The minimum Gasteiger partial charge on any atom is -0.487 e. The van der Waals surface area contributed by atoms with Crippen LogP contribution in [0.5, 0.6) is 5.75 Å². The van der Waals surface area contributed by atoms with E-state index in [-0.39, 0.29) is 18.1 Å². The van der Waals surface area contributed by atoms with Gasteiger partial charge in [-0.05, 0) is 65.6 Å². The molecular formula is C20H20INO2. The van der Waals surface area contributed by atoms with Gasteiger partial charge in [0.05, 0.1) is 9.61 Å². The van der Waals surface area contributed by atoms with Crippen LogP contribution < -0.4 is 4.74 Å². The summed E-state index contributed by atoms with van der Waals surface area (Å²) in [6, 6.07) is 16.7. The number of hydrogen-bond acceptors (Lipinski definition) is 2. The Hall–Kier alpha value is -1.56. The molecule has 4 heteroatoms. The number of piperidine rings is 1. The molecule has 4 rings (SSSR count). The van der Waals surface area contributed by atoms with Crippen molar-refractivity contribution in [3.8, 4) is 5.75 Å². The first-order valence-electron chi connectivity index (χ1n) is 8.39. The van der Waals surface area contributed by atoms with E-state index in [0.717, 1.165) is 22.2 Å². The Morgan fingerprint density at radius 1 is 1.17 bits per heavy atom. The van der Waals surface area contributed by atoms with Gasteiger partial charge in [-0.25, -0.2) is 0 Å². The smallest absolute Gasteiger partial charge is 0.226 e. The predicted octanol–water partition coefficient (Wildman–Crippen LogP) is 4.17. The molecule has 0 spiro atoms. The molecule has 2 bridgehead atoms. The number of hydrogen-bond donors (Lipinski definition) is 0. The van der Waals surface area contributed by atoms with Gasteiger partial charge in [0, 0.05) is 12.5 Å². The molecule has 1 saturated heterocycles. The van der Waals surface area contributed by atoms with Gasteiger partial charge in [0.15, 0.2) is 0 Å². The topological polar surface area (TPSA) is 29.5 Å². The first kappa shape index (κ1) is 15.9. The Morgan fingerprint density at radius 3 is 2.67 bits per heavy atom. The van der Waals surface area contributed by atoms with Gasteiger partial charge in [0.25, 0.3) is 0 Å². The number of aryl methyl sites for hydroxylation is 1. The molecule has 0 N–H and O–H groups in total. The molecule has 1 heterocycles. The number of benzene rings is 2. The van der Waals surface area contributed by atoms with Crippen LogP contribution in [0.2, 0.25) is 0 Å². The van der Waals surface area contributed by atoms with Gasteiger partial charge in [-0.3, -0.25) is 4.79 Å². The summed E-state index contributed by atoms with van der Waals surface area (Å²) in [6.07, 6.45) is 1.88. The fourth-order valence-electron chi connectivity index (χ4n) is 3.87. The molecule has 2 aromatic rings. The number of rotatable bonds is 4. The zero-order chi connectivity index (χ0) is 16.7. The van der Waals surface area contributed by atoms with E-state index in [1.54, 1.807) is 0 Å². The summed E-state index contributed by atoms with van der Waals surface area (Å²) in [5, 5.41) is 0. The van der Waals surface area contributed by atoms with E-state index in [1.807, 2.05) is 29.2 Å². The monoisotopic (exact) mass is 433 g/mol. The Bertz CT molecular complexity index is 761. The van der Waals surface area contributed by atoms with Gasteiger partial charge in [0.2, 0.25) is 5.91 Å². The largest absolute Gasteiger partial charge is 0.487 e. The fourth-order valence-corrected chi connectivity index (χ4v) is 4.67. The number of ether oxygens (including phenoxy) is 1. The van der Waals surface area contributed by atoms with Crippen LogP contribution in [-0.4, -0.2) is 23.0 Å². The molecule has 2 aromatic carbocycles. The van der Waals surface area contributed by atoms with Crippen molar-refractivity contribution in [1.82, 2.24) is 4.90 Å². The molecule has 2 fully saturated rings. The molecule has 3 nitrogen and oxygen atoms in total. The third-order valence-electron chi connectivity index (χ3n) is 5.07. The van der Waals surface area contributed by atoms with Gasteiger partial charge in [-0.15, -0.1) is 0 Å². The second kappa shape index (κ2) is 6.39. The van der Waals surface area contributed by atoms with Gasteiger partial charge in [-0.1, -0.05) is 36.4 Å². The lowest BCUT2D eigenvalue weighted by Crippen LogP contribution is -2.46. The molecular weight excluding hydrogens is 413 g/mol. The quantitative estimate of drug-likeness (QED) is 0.678. The third kappa shape index (κ3) is 2.92. The van der Waals surface area contributed by atoms with Crippen molar-refractivity contribution in [2.75, 3.05) is 0 Å². The van der Waals surface area contributed by atoms with Crippen LogP contribution in [0.25, 0.3) is 0 Å². The molecule has 3 atom stereocenters. The highest BCUT2D eigenvalue weighted by atomic mass is 127. The van der Waals surface area contributed by atoms with Crippen LogP contribution in [0.15, 0.2) is 48.5 Å². The average Bonchev–Trinajstić information content (AvgIpc) is 3.11. The summed E-state index contributed by atoms with van der Waals surface area (Å²) in [7, 11) is 0. The van der Waals surface area contributed by atoms with E-state index in [2.05, 4.69) is 53.8 Å². The molecule has 3 unspecified atom stereocenters. The maximum atomic E-state index is 12.5. The first-order valence-corrected chi connectivity index (χ1v) is 9.47. The SMILES string of the molecule is Cc1ccc(OC2CC3CC2N(Cc2ccccc2)C3=O)c(I)c1. The molecule has 24 heavy (non-hydrogen) atoms. The second-order valence-electron chi connectivity index (χ2n) is 6.78. The summed E-state index contributed by atoms with van der Waals surface area (Å²) in [6.45, 7) is 2.77. The van der Waals surface area contributed by atoms with Crippen molar-refractivity contribution in [2.24, 2.45) is 5.92 Å². The van der Waals surface area contributed by atoms with E-state index < -0.39 is 0 Å². The zero-order valence-corrected chi connectivity index (χ0v) is 15.8. The van der Waals surface area contributed by atoms with Gasteiger partial charge in [0.1, 0.15) is 11.9 Å². The Labute approximate surface area is 156 Å². The number of carbonyl (C=O) groups excluding carboxylic acids is 1. The van der Waals surface area contributed by atoms with Crippen molar-refractivity contribution >= 4 is 28.5 Å². The van der Waals surface area contributed by atoms with Crippen molar-refractivity contribution in [3.05, 3.63) is 63.2 Å². The van der Waals surface area contributed by atoms with Crippen LogP contribution in [-0.2, 0) is 11.3 Å². The Balaban J connectivity index is 1.51. The second-order valence-corrected chi connectivity index (χ2v) is 7.94. The lowest BCUT2D eigenvalue weighted by atomic mass is 10.1. The summed E-state index contributed by atoms with van der Waals surface area (Å²) < 4.78 is 7.45. The highest BCUT2D eigenvalue weighted by Gasteiger charge is 2.51. The summed E-state index contributed by atoms with van der Waals surface area (Å²) in [5.41, 5.74) is 2.42. The number of amides is 1. The van der Waals surface area contributed by atoms with E-state index in [4.69, 9.17) is 4.74 Å². The van der Waals surface area contributed by atoms with Crippen LogP contribution in [0.1, 0.15) is 24.0 Å². The average molecular weight is 433 g/mol. The number of carbonyl (C=O) groups is 1. The highest BCUT2D eigenvalue weighted by molar-refractivity contribution is 14.1. The first-order chi connectivity index (χ1) is 11.6. The third-order valence-corrected chi connectivity index (χ3v) is 5.91. The normalized spacial score (nSPS) is 25.3. The molecule has 0 radical (unpaired) electrons. The van der Waals surface area contributed by atoms with Crippen LogP contribution in [0.3, 0.4) is 0 Å². The molecule has 1 amide bonds. The van der Waals surface area contributed by atoms with E-state index in [1.165, 1.54) is 11.1 Å². The molecule has 2 aliphatic rings. The number of nitrogens with zero attached hydrogens (tertiary/aromatic N) is 1. The summed E-state index contributed by atoms with van der Waals surface area (Å²) in [4.78, 5) is 14.6. The molecule has 1 aliphatic carbocycles. The molecule has 1 aliphatic heterocycles. The van der Waals surface area contributed by atoms with Crippen molar-refractivity contribution in [3.63, 3.8) is 0 Å². The van der Waals surface area contributed by atoms with Gasteiger partial charge in [-0.2, -0.15) is 0 Å². The van der Waals surface area contributed by atoms with Crippen molar-refractivity contribution in [2.45, 2.75) is 38.5 Å². The summed E-state index contributed by atoms with van der Waals surface area (Å²) >= 11 is 2.33. The minimum absolute atomic E-state index is 0.104. The lowest BCUT2D eigenvalue weighted by Gasteiger charge is -2.33. The maximum absolute atomic E-state index is 12.5. The standard InChI is InChI=1S/C20H20INO2/c1-13-7-8-18(16(21)9-13)24-19-11-15-10-17(19)22(20(15)23)12-14-5-3-2-4-6-14/h2-9,15,17,19H,10-12H2,1H3. The molecule has 1 saturated carbocycles. The minimum atomic E-state index is 0.104. The van der Waals surface area contributed by atoms with Crippen LogP contribution >= 0.6 is 22.6 Å². The van der Waals surface area contributed by atoms with E-state index in [9.17, 15) is 4.79 Å². The molecule has 0 aromatic heterocycles. The fraction of sp³-hybridized carbons (Fsp3) is 0.350. The van der Waals surface area contributed by atoms with Crippen molar-refractivity contribution < 1.29 is 9.53 Å². The van der Waals surface area contributed by atoms with Gasteiger partial charge < -0.3 is 9.64 Å². The van der Waals surface area contributed by atoms with Gasteiger partial charge >= 0.3 is 0 Å². The van der Waals surface area contributed by atoms with E-state index in [0.29, 0.717) is 12.5 Å².